The van der Waals surface area contributed by atoms with Gasteiger partial charge in [0, 0.05) is 0 Å². The van der Waals surface area contributed by atoms with Crippen molar-refractivity contribution in [3.63, 3.8) is 0 Å². The molecule has 1 atom stereocenters. The summed E-state index contributed by atoms with van der Waals surface area (Å²) in [4.78, 5) is 11.8. The molecule has 110 valence electrons. The molecular weight excluding hydrogens is 328 g/mol. The summed E-state index contributed by atoms with van der Waals surface area (Å²) in [7, 11) is 0. The number of anilines is 1. The second kappa shape index (κ2) is 4.46. The van der Waals surface area contributed by atoms with Crippen molar-refractivity contribution in [1.82, 2.24) is 0 Å². The SMILES string of the molecule is CC1(C(=O)Nc2c(F)c(F)c(F)c(F)c2F)CC1(Cl)Cl. The Labute approximate surface area is 119 Å². The Balaban J connectivity index is 2.39. The largest absolute Gasteiger partial charge is 0.320 e. The molecule has 0 heterocycles. The van der Waals surface area contributed by atoms with Crippen LogP contribution in [0, 0.1) is 34.5 Å². The van der Waals surface area contributed by atoms with Crippen molar-refractivity contribution < 1.29 is 26.7 Å². The van der Waals surface area contributed by atoms with E-state index in [0.29, 0.717) is 0 Å². The van der Waals surface area contributed by atoms with Crippen molar-refractivity contribution in [2.75, 3.05) is 5.32 Å². The van der Waals surface area contributed by atoms with Gasteiger partial charge in [0.05, 0.1) is 5.41 Å². The molecule has 0 bridgehead atoms. The summed E-state index contributed by atoms with van der Waals surface area (Å²) >= 11 is 11.4. The van der Waals surface area contributed by atoms with Crippen molar-refractivity contribution in [2.24, 2.45) is 5.41 Å². The Morgan fingerprint density at radius 2 is 1.35 bits per heavy atom. The fourth-order valence-corrected chi connectivity index (χ4v) is 2.32. The molecule has 1 fully saturated rings. The average molecular weight is 334 g/mol. The lowest BCUT2D eigenvalue weighted by Gasteiger charge is -2.14. The van der Waals surface area contributed by atoms with E-state index >= 15 is 0 Å². The molecule has 1 aliphatic rings. The Hall–Kier alpha value is -1.08. The highest BCUT2D eigenvalue weighted by atomic mass is 35.5. The zero-order chi connectivity index (χ0) is 15.5. The summed E-state index contributed by atoms with van der Waals surface area (Å²) in [5.74, 6) is -11.9. The van der Waals surface area contributed by atoms with Gasteiger partial charge in [-0.3, -0.25) is 4.79 Å². The average Bonchev–Trinajstić information content (AvgIpc) is 2.90. The van der Waals surface area contributed by atoms with Crippen molar-refractivity contribution in [2.45, 2.75) is 17.7 Å². The van der Waals surface area contributed by atoms with E-state index in [4.69, 9.17) is 23.2 Å². The topological polar surface area (TPSA) is 29.1 Å². The maximum absolute atomic E-state index is 13.4. The number of carbonyl (C=O) groups is 1. The molecule has 1 saturated carbocycles. The van der Waals surface area contributed by atoms with Crippen LogP contribution in [0.1, 0.15) is 13.3 Å². The van der Waals surface area contributed by atoms with Crippen LogP contribution in [-0.2, 0) is 4.79 Å². The molecule has 1 aromatic carbocycles. The molecule has 1 aromatic rings. The summed E-state index contributed by atoms with van der Waals surface area (Å²) in [6.07, 6.45) is -0.00958. The van der Waals surface area contributed by atoms with Gasteiger partial charge in [-0.15, -0.1) is 23.2 Å². The van der Waals surface area contributed by atoms with E-state index in [1.165, 1.54) is 6.92 Å². The van der Waals surface area contributed by atoms with Gasteiger partial charge in [0.25, 0.3) is 0 Å². The van der Waals surface area contributed by atoms with Gasteiger partial charge in [0.1, 0.15) is 10.0 Å². The number of hydrogen-bond donors (Lipinski definition) is 1. The minimum atomic E-state index is -2.31. The van der Waals surface area contributed by atoms with E-state index in [1.807, 2.05) is 0 Å². The minimum Gasteiger partial charge on any atom is -0.320 e. The molecule has 9 heteroatoms. The molecular formula is C11H6Cl2F5NO. The van der Waals surface area contributed by atoms with E-state index in [9.17, 15) is 26.7 Å². The van der Waals surface area contributed by atoms with Crippen molar-refractivity contribution in [1.29, 1.82) is 0 Å². The molecule has 2 nitrogen and oxygen atoms in total. The second-order valence-corrected chi connectivity index (χ2v) is 6.10. The number of alkyl halides is 2. The van der Waals surface area contributed by atoms with E-state index in [-0.39, 0.29) is 6.42 Å². The van der Waals surface area contributed by atoms with Crippen LogP contribution in [0.3, 0.4) is 0 Å². The van der Waals surface area contributed by atoms with Gasteiger partial charge in [-0.05, 0) is 13.3 Å². The van der Waals surface area contributed by atoms with Crippen LogP contribution in [0.4, 0.5) is 27.6 Å². The second-order valence-electron chi connectivity index (χ2n) is 4.61. The lowest BCUT2D eigenvalue weighted by atomic mass is 10.1. The van der Waals surface area contributed by atoms with Gasteiger partial charge in [-0.25, -0.2) is 22.0 Å². The van der Waals surface area contributed by atoms with Crippen LogP contribution in [0.15, 0.2) is 0 Å². The smallest absolute Gasteiger partial charge is 0.233 e. The first-order valence-electron chi connectivity index (χ1n) is 5.23. The number of hydrogen-bond acceptors (Lipinski definition) is 1. The van der Waals surface area contributed by atoms with Gasteiger partial charge in [-0.1, -0.05) is 0 Å². The Bertz CT molecular complexity index is 592. The van der Waals surface area contributed by atoms with Crippen LogP contribution < -0.4 is 5.32 Å². The standard InChI is InChI=1S/C11H6Cl2F5NO/c1-10(2-11(10,12)13)9(20)19-8-6(17)4(15)3(14)5(16)7(8)18/h2H2,1H3,(H,19,20). The quantitative estimate of drug-likeness (QED) is 0.378. The molecule has 1 aliphatic carbocycles. The third-order valence-electron chi connectivity index (χ3n) is 3.21. The highest BCUT2D eigenvalue weighted by Crippen LogP contribution is 2.64. The number of carbonyl (C=O) groups excluding carboxylic acids is 1. The maximum atomic E-state index is 13.4. The third kappa shape index (κ3) is 2.03. The van der Waals surface area contributed by atoms with Crippen LogP contribution in [0.5, 0.6) is 0 Å². The molecule has 2 rings (SSSR count). The predicted molar refractivity (Wildman–Crippen MR) is 62.0 cm³/mol. The van der Waals surface area contributed by atoms with Gasteiger partial charge in [-0.2, -0.15) is 0 Å². The van der Waals surface area contributed by atoms with Crippen LogP contribution in [0.25, 0.3) is 0 Å². The van der Waals surface area contributed by atoms with Gasteiger partial charge >= 0.3 is 0 Å². The summed E-state index contributed by atoms with van der Waals surface area (Å²) in [5.41, 5.74) is -2.79. The van der Waals surface area contributed by atoms with Gasteiger partial charge in [0.15, 0.2) is 23.3 Å². The number of halogens is 7. The number of rotatable bonds is 2. The van der Waals surface area contributed by atoms with Crippen LogP contribution in [0.2, 0.25) is 0 Å². The van der Waals surface area contributed by atoms with Gasteiger partial charge < -0.3 is 5.32 Å². The molecule has 1 amide bonds. The third-order valence-corrected chi connectivity index (χ3v) is 4.31. The highest BCUT2D eigenvalue weighted by molar-refractivity contribution is 6.53. The highest BCUT2D eigenvalue weighted by Gasteiger charge is 2.68. The van der Waals surface area contributed by atoms with Crippen molar-refractivity contribution in [3.05, 3.63) is 29.1 Å². The maximum Gasteiger partial charge on any atom is 0.233 e. The summed E-state index contributed by atoms with van der Waals surface area (Å²) < 4.78 is 64.0. The molecule has 1 unspecified atom stereocenters. The summed E-state index contributed by atoms with van der Waals surface area (Å²) in [6.45, 7) is 1.30. The molecule has 0 radical (unpaired) electrons. The first-order chi connectivity index (χ1) is 9.03. The number of nitrogens with one attached hydrogen (secondary N) is 1. The molecule has 0 spiro atoms. The molecule has 1 N–H and O–H groups in total. The van der Waals surface area contributed by atoms with Crippen LogP contribution in [-0.4, -0.2) is 10.2 Å². The minimum absolute atomic E-state index is 0.00958. The Morgan fingerprint density at radius 1 is 1.00 bits per heavy atom. The predicted octanol–water partition coefficient (Wildman–Crippen LogP) is 3.90. The fourth-order valence-electron chi connectivity index (χ4n) is 1.61. The number of benzene rings is 1. The molecule has 0 saturated heterocycles. The van der Waals surface area contributed by atoms with E-state index in [2.05, 4.69) is 0 Å². The normalized spacial score (nSPS) is 23.6. The lowest BCUT2D eigenvalue weighted by molar-refractivity contribution is -0.120. The van der Waals surface area contributed by atoms with E-state index in [0.717, 1.165) is 0 Å². The van der Waals surface area contributed by atoms with E-state index < -0.39 is 50.4 Å². The monoisotopic (exact) mass is 333 g/mol. The molecule has 0 aromatic heterocycles. The first kappa shape index (κ1) is 15.3. The molecule has 20 heavy (non-hydrogen) atoms. The fraction of sp³-hybridized carbons (Fsp3) is 0.364. The number of amides is 1. The summed E-state index contributed by atoms with van der Waals surface area (Å²) in [6, 6.07) is 0. The Morgan fingerprint density at radius 3 is 1.70 bits per heavy atom. The van der Waals surface area contributed by atoms with Gasteiger partial charge in [0.2, 0.25) is 11.7 Å². The zero-order valence-electron chi connectivity index (χ0n) is 9.76. The zero-order valence-corrected chi connectivity index (χ0v) is 11.3. The van der Waals surface area contributed by atoms with Crippen molar-refractivity contribution >= 4 is 34.8 Å². The van der Waals surface area contributed by atoms with Crippen molar-refractivity contribution in [3.8, 4) is 0 Å². The Kier molecular flexibility index (Phi) is 3.41. The summed E-state index contributed by atoms with van der Waals surface area (Å²) in [5, 5.41) is 1.64. The first-order valence-corrected chi connectivity index (χ1v) is 5.99. The van der Waals surface area contributed by atoms with Crippen LogP contribution >= 0.6 is 23.2 Å². The molecule has 0 aliphatic heterocycles. The lowest BCUT2D eigenvalue weighted by Crippen LogP contribution is -2.27. The van der Waals surface area contributed by atoms with E-state index in [1.54, 1.807) is 5.32 Å².